The summed E-state index contributed by atoms with van der Waals surface area (Å²) in [6.07, 6.45) is 0.833. The number of benzene rings is 1. The zero-order chi connectivity index (χ0) is 15.6. The SMILES string of the molecule is CC(C)(F)c1cc2c(cc1CCN1CCNCC1)OCCO2. The molecule has 2 aliphatic rings. The molecule has 22 heavy (non-hydrogen) atoms. The second-order valence-corrected chi connectivity index (χ2v) is 6.47. The lowest BCUT2D eigenvalue weighted by molar-refractivity contribution is 0.168. The van der Waals surface area contributed by atoms with E-state index in [1.54, 1.807) is 13.8 Å². The molecular formula is C17H25FN2O2. The third kappa shape index (κ3) is 3.52. The van der Waals surface area contributed by atoms with Crippen LogP contribution in [0, 0.1) is 0 Å². The second-order valence-electron chi connectivity index (χ2n) is 6.47. The zero-order valence-corrected chi connectivity index (χ0v) is 13.5. The molecule has 0 unspecified atom stereocenters. The summed E-state index contributed by atoms with van der Waals surface area (Å²) in [6.45, 7) is 9.41. The molecule has 2 heterocycles. The van der Waals surface area contributed by atoms with Crippen molar-refractivity contribution in [3.05, 3.63) is 23.3 Å². The van der Waals surface area contributed by atoms with E-state index in [1.165, 1.54) is 0 Å². The first kappa shape index (κ1) is 15.6. The van der Waals surface area contributed by atoms with Crippen molar-refractivity contribution in [3.8, 4) is 11.5 Å². The van der Waals surface area contributed by atoms with Crippen LogP contribution in [0.5, 0.6) is 11.5 Å². The van der Waals surface area contributed by atoms with E-state index in [4.69, 9.17) is 9.47 Å². The topological polar surface area (TPSA) is 33.7 Å². The Hall–Kier alpha value is -1.33. The third-order valence-electron chi connectivity index (χ3n) is 4.32. The summed E-state index contributed by atoms with van der Waals surface area (Å²) in [5.41, 5.74) is 0.358. The monoisotopic (exact) mass is 308 g/mol. The number of rotatable bonds is 4. The largest absolute Gasteiger partial charge is 0.486 e. The van der Waals surface area contributed by atoms with Crippen LogP contribution in [-0.2, 0) is 12.1 Å². The van der Waals surface area contributed by atoms with E-state index in [1.807, 2.05) is 12.1 Å². The Labute approximate surface area is 131 Å². The Morgan fingerprint density at radius 2 is 1.77 bits per heavy atom. The van der Waals surface area contributed by atoms with Gasteiger partial charge in [0, 0.05) is 32.7 Å². The van der Waals surface area contributed by atoms with Crippen molar-refractivity contribution >= 4 is 0 Å². The quantitative estimate of drug-likeness (QED) is 0.924. The molecule has 1 N–H and O–H groups in total. The second kappa shape index (κ2) is 6.42. The van der Waals surface area contributed by atoms with Gasteiger partial charge < -0.3 is 19.7 Å². The van der Waals surface area contributed by atoms with Crippen LogP contribution in [0.25, 0.3) is 0 Å². The van der Waals surface area contributed by atoms with E-state index in [0.717, 1.165) is 50.5 Å². The highest BCUT2D eigenvalue weighted by Crippen LogP contribution is 2.38. The van der Waals surface area contributed by atoms with E-state index in [9.17, 15) is 4.39 Å². The van der Waals surface area contributed by atoms with Crippen LogP contribution in [0.15, 0.2) is 12.1 Å². The Morgan fingerprint density at radius 1 is 1.14 bits per heavy atom. The highest BCUT2D eigenvalue weighted by molar-refractivity contribution is 5.50. The fourth-order valence-corrected chi connectivity index (χ4v) is 3.10. The van der Waals surface area contributed by atoms with Gasteiger partial charge in [0.2, 0.25) is 0 Å². The average Bonchev–Trinajstić information content (AvgIpc) is 2.52. The molecule has 1 fully saturated rings. The molecule has 0 saturated carbocycles. The Balaban J connectivity index is 1.81. The number of nitrogens with one attached hydrogen (secondary N) is 1. The lowest BCUT2D eigenvalue weighted by Gasteiger charge is -2.29. The minimum Gasteiger partial charge on any atom is -0.486 e. The van der Waals surface area contributed by atoms with Gasteiger partial charge in [-0.05, 0) is 43.5 Å². The molecule has 1 aromatic carbocycles. The van der Waals surface area contributed by atoms with Crippen molar-refractivity contribution in [1.82, 2.24) is 10.2 Å². The number of fused-ring (bicyclic) bond motifs is 1. The predicted octanol–water partition coefficient (Wildman–Crippen LogP) is 2.11. The normalized spacial score (nSPS) is 19.2. The van der Waals surface area contributed by atoms with Crippen molar-refractivity contribution in [3.63, 3.8) is 0 Å². The molecule has 1 saturated heterocycles. The predicted molar refractivity (Wildman–Crippen MR) is 84.6 cm³/mol. The number of nitrogens with zero attached hydrogens (tertiary/aromatic N) is 1. The molecule has 2 aliphatic heterocycles. The van der Waals surface area contributed by atoms with Crippen molar-refractivity contribution in [2.75, 3.05) is 45.9 Å². The van der Waals surface area contributed by atoms with Gasteiger partial charge in [-0.25, -0.2) is 4.39 Å². The van der Waals surface area contributed by atoms with Crippen LogP contribution in [-0.4, -0.2) is 50.8 Å². The van der Waals surface area contributed by atoms with E-state index in [0.29, 0.717) is 24.5 Å². The van der Waals surface area contributed by atoms with Gasteiger partial charge in [-0.3, -0.25) is 0 Å². The summed E-state index contributed by atoms with van der Waals surface area (Å²) in [5, 5.41) is 3.35. The molecule has 122 valence electrons. The van der Waals surface area contributed by atoms with Crippen LogP contribution in [0.2, 0.25) is 0 Å². The molecule has 0 spiro atoms. The lowest BCUT2D eigenvalue weighted by Crippen LogP contribution is -2.44. The van der Waals surface area contributed by atoms with Crippen LogP contribution in [0.3, 0.4) is 0 Å². The highest BCUT2D eigenvalue weighted by Gasteiger charge is 2.26. The first-order valence-electron chi connectivity index (χ1n) is 8.09. The summed E-state index contributed by atoms with van der Waals surface area (Å²) in [4.78, 5) is 2.42. The number of hydrogen-bond acceptors (Lipinski definition) is 4. The maximum Gasteiger partial charge on any atom is 0.161 e. The summed E-state index contributed by atoms with van der Waals surface area (Å²) >= 11 is 0. The minimum absolute atomic E-state index is 0.527. The van der Waals surface area contributed by atoms with Gasteiger partial charge in [0.05, 0.1) is 0 Å². The van der Waals surface area contributed by atoms with Gasteiger partial charge in [-0.1, -0.05) is 0 Å². The number of ether oxygens (including phenoxy) is 2. The maximum absolute atomic E-state index is 14.6. The number of halogens is 1. The molecule has 0 aromatic heterocycles. The molecule has 0 radical (unpaired) electrons. The van der Waals surface area contributed by atoms with Gasteiger partial charge in [0.25, 0.3) is 0 Å². The molecule has 3 rings (SSSR count). The van der Waals surface area contributed by atoms with Crippen molar-refractivity contribution in [1.29, 1.82) is 0 Å². The summed E-state index contributed by atoms with van der Waals surface area (Å²) in [6, 6.07) is 3.79. The fraction of sp³-hybridized carbons (Fsp3) is 0.647. The van der Waals surface area contributed by atoms with E-state index in [2.05, 4.69) is 10.2 Å². The molecule has 0 bridgehead atoms. The highest BCUT2D eigenvalue weighted by atomic mass is 19.1. The molecular weight excluding hydrogens is 283 g/mol. The standard InChI is InChI=1S/C17H25FN2O2/c1-17(2,18)14-12-16-15(21-9-10-22-16)11-13(14)3-6-20-7-4-19-5-8-20/h11-12,19H,3-10H2,1-2H3. The average molecular weight is 308 g/mol. The number of alkyl halides is 1. The molecule has 1 aromatic rings. The van der Waals surface area contributed by atoms with Gasteiger partial charge >= 0.3 is 0 Å². The van der Waals surface area contributed by atoms with Crippen molar-refractivity contribution in [2.24, 2.45) is 0 Å². The summed E-state index contributed by atoms with van der Waals surface area (Å²) < 4.78 is 25.8. The van der Waals surface area contributed by atoms with Crippen molar-refractivity contribution < 1.29 is 13.9 Å². The Bertz CT molecular complexity index is 522. The summed E-state index contributed by atoms with van der Waals surface area (Å²) in [7, 11) is 0. The number of piperazine rings is 1. The zero-order valence-electron chi connectivity index (χ0n) is 13.5. The van der Waals surface area contributed by atoms with Gasteiger partial charge in [0.15, 0.2) is 11.5 Å². The smallest absolute Gasteiger partial charge is 0.161 e. The Morgan fingerprint density at radius 3 is 2.41 bits per heavy atom. The summed E-state index contributed by atoms with van der Waals surface area (Å²) in [5.74, 6) is 1.41. The fourth-order valence-electron chi connectivity index (χ4n) is 3.10. The van der Waals surface area contributed by atoms with Gasteiger partial charge in [0.1, 0.15) is 18.9 Å². The molecule has 0 aliphatic carbocycles. The minimum atomic E-state index is -1.38. The van der Waals surface area contributed by atoms with Crippen LogP contribution in [0.1, 0.15) is 25.0 Å². The van der Waals surface area contributed by atoms with Crippen LogP contribution in [0.4, 0.5) is 4.39 Å². The van der Waals surface area contributed by atoms with Gasteiger partial charge in [-0.15, -0.1) is 0 Å². The molecule has 0 atom stereocenters. The van der Waals surface area contributed by atoms with Crippen molar-refractivity contribution in [2.45, 2.75) is 25.9 Å². The molecule has 4 nitrogen and oxygen atoms in total. The molecule has 5 heteroatoms. The van der Waals surface area contributed by atoms with Crippen LogP contribution >= 0.6 is 0 Å². The Kier molecular flexibility index (Phi) is 4.54. The van der Waals surface area contributed by atoms with Crippen LogP contribution < -0.4 is 14.8 Å². The first-order valence-corrected chi connectivity index (χ1v) is 8.09. The first-order chi connectivity index (χ1) is 10.5. The van der Waals surface area contributed by atoms with Gasteiger partial charge in [-0.2, -0.15) is 0 Å². The number of hydrogen-bond donors (Lipinski definition) is 1. The lowest BCUT2D eigenvalue weighted by atomic mass is 9.92. The third-order valence-corrected chi connectivity index (χ3v) is 4.32. The molecule has 0 amide bonds. The van der Waals surface area contributed by atoms with E-state index < -0.39 is 5.67 Å². The van der Waals surface area contributed by atoms with E-state index in [-0.39, 0.29) is 0 Å². The van der Waals surface area contributed by atoms with E-state index >= 15 is 0 Å². The maximum atomic E-state index is 14.6.